The number of amides is 2. The summed E-state index contributed by atoms with van der Waals surface area (Å²) in [4.78, 5) is 13.5. The van der Waals surface area contributed by atoms with Gasteiger partial charge in [0, 0.05) is 19.1 Å². The Kier molecular flexibility index (Phi) is 5.58. The molecule has 0 radical (unpaired) electrons. The molecule has 2 atom stereocenters. The summed E-state index contributed by atoms with van der Waals surface area (Å²) in [7, 11) is -3.23. The molecule has 2 aromatic carbocycles. The Morgan fingerprint density at radius 2 is 1.58 bits per heavy atom. The van der Waals surface area contributed by atoms with Crippen LogP contribution in [0.3, 0.4) is 0 Å². The first kappa shape index (κ1) is 18.4. The van der Waals surface area contributed by atoms with Crippen molar-refractivity contribution >= 4 is 15.9 Å². The highest BCUT2D eigenvalue weighted by atomic mass is 32.2. The molecule has 1 fully saturated rings. The molecule has 0 saturated carbocycles. The van der Waals surface area contributed by atoms with Crippen molar-refractivity contribution in [3.05, 3.63) is 71.8 Å². The molecule has 0 unspecified atom stereocenters. The minimum atomic E-state index is -3.23. The summed E-state index contributed by atoms with van der Waals surface area (Å²) in [6, 6.07) is 17.7. The minimum absolute atomic E-state index is 0.00305. The monoisotopic (exact) mass is 373 g/mol. The smallest absolute Gasteiger partial charge is 0.315 e. The van der Waals surface area contributed by atoms with E-state index in [9.17, 15) is 13.2 Å². The molecule has 138 valence electrons. The van der Waals surface area contributed by atoms with Crippen LogP contribution in [0.4, 0.5) is 4.79 Å². The maximum Gasteiger partial charge on any atom is 0.315 e. The second-order valence-corrected chi connectivity index (χ2v) is 8.72. The third-order valence-corrected chi connectivity index (χ3v) is 6.33. The number of nitrogens with one attached hydrogen (secondary N) is 1. The van der Waals surface area contributed by atoms with Crippen molar-refractivity contribution in [2.24, 2.45) is 5.73 Å². The highest BCUT2D eigenvalue weighted by molar-refractivity contribution is 7.91. The van der Waals surface area contributed by atoms with Crippen LogP contribution >= 0.6 is 0 Å². The second kappa shape index (κ2) is 7.88. The van der Waals surface area contributed by atoms with Gasteiger partial charge >= 0.3 is 6.03 Å². The summed E-state index contributed by atoms with van der Waals surface area (Å²) in [6.45, 7) is 0.829. The zero-order chi connectivity index (χ0) is 18.6. The Hall–Kier alpha value is -2.38. The molecule has 26 heavy (non-hydrogen) atoms. The Morgan fingerprint density at radius 3 is 2.15 bits per heavy atom. The van der Waals surface area contributed by atoms with Gasteiger partial charge in [-0.05, 0) is 11.1 Å². The molecular formula is C19H23N3O3S. The number of hydrogen-bond donors (Lipinski definition) is 2. The molecule has 0 bridgehead atoms. The molecule has 0 aliphatic carbocycles. The number of primary amides is 1. The first-order valence-electron chi connectivity index (χ1n) is 8.52. The van der Waals surface area contributed by atoms with Gasteiger partial charge in [-0.25, -0.2) is 13.2 Å². The van der Waals surface area contributed by atoms with Crippen molar-refractivity contribution in [1.82, 2.24) is 10.2 Å². The van der Waals surface area contributed by atoms with Gasteiger partial charge in [0.05, 0.1) is 17.5 Å². The summed E-state index contributed by atoms with van der Waals surface area (Å²) in [5.41, 5.74) is 7.56. The molecule has 1 aliphatic rings. The number of benzene rings is 2. The average molecular weight is 373 g/mol. The first-order valence-corrected chi connectivity index (χ1v) is 10.3. The lowest BCUT2D eigenvalue weighted by molar-refractivity contribution is 0.174. The number of urea groups is 1. The van der Waals surface area contributed by atoms with Gasteiger partial charge in [-0.15, -0.1) is 0 Å². The molecular weight excluding hydrogens is 350 g/mol. The maximum atomic E-state index is 12.2. The topological polar surface area (TPSA) is 92.5 Å². The standard InChI is InChI=1S/C19H23N3O3S/c20-19(23)22(12-16-9-5-2-6-10-16)18-14-26(24,25)13-17(18)21-11-15-7-3-1-4-8-15/h1-10,17-18,21H,11-14H2,(H2,20,23)/t17-,18-/m0/s1. The molecule has 6 nitrogen and oxygen atoms in total. The molecule has 3 N–H and O–H groups in total. The third kappa shape index (κ3) is 4.62. The van der Waals surface area contributed by atoms with Crippen LogP contribution in [0.15, 0.2) is 60.7 Å². The molecule has 0 spiro atoms. The molecule has 1 saturated heterocycles. The van der Waals surface area contributed by atoms with Crippen molar-refractivity contribution in [1.29, 1.82) is 0 Å². The zero-order valence-electron chi connectivity index (χ0n) is 14.4. The summed E-state index contributed by atoms with van der Waals surface area (Å²) >= 11 is 0. The summed E-state index contributed by atoms with van der Waals surface area (Å²) in [6.07, 6.45) is 0. The van der Waals surface area contributed by atoms with Crippen LogP contribution in [-0.2, 0) is 22.9 Å². The summed E-state index contributed by atoms with van der Waals surface area (Å²) in [5.74, 6) is -0.0711. The zero-order valence-corrected chi connectivity index (χ0v) is 15.2. The van der Waals surface area contributed by atoms with Crippen LogP contribution in [0.25, 0.3) is 0 Å². The van der Waals surface area contributed by atoms with E-state index in [1.54, 1.807) is 0 Å². The van der Waals surface area contributed by atoms with Gasteiger partial charge in [0.25, 0.3) is 0 Å². The lowest BCUT2D eigenvalue weighted by Crippen LogP contribution is -2.52. The van der Waals surface area contributed by atoms with E-state index in [0.29, 0.717) is 13.1 Å². The Morgan fingerprint density at radius 1 is 1.00 bits per heavy atom. The lowest BCUT2D eigenvalue weighted by atomic mass is 10.1. The van der Waals surface area contributed by atoms with E-state index in [2.05, 4.69) is 5.32 Å². The second-order valence-electron chi connectivity index (χ2n) is 6.57. The van der Waals surface area contributed by atoms with E-state index < -0.39 is 21.9 Å². The van der Waals surface area contributed by atoms with Crippen molar-refractivity contribution in [2.45, 2.75) is 25.2 Å². The summed E-state index contributed by atoms with van der Waals surface area (Å²) in [5, 5.41) is 3.30. The number of hydrogen-bond acceptors (Lipinski definition) is 4. The van der Waals surface area contributed by atoms with E-state index >= 15 is 0 Å². The Bertz CT molecular complexity index is 841. The van der Waals surface area contributed by atoms with E-state index in [4.69, 9.17) is 5.73 Å². The van der Waals surface area contributed by atoms with Gasteiger partial charge in [0.1, 0.15) is 0 Å². The number of nitrogens with two attached hydrogens (primary N) is 1. The normalized spacial score (nSPS) is 21.4. The first-order chi connectivity index (χ1) is 12.4. The lowest BCUT2D eigenvalue weighted by Gasteiger charge is -2.31. The van der Waals surface area contributed by atoms with Gasteiger partial charge in [0.2, 0.25) is 0 Å². The van der Waals surface area contributed by atoms with E-state index in [1.807, 2.05) is 60.7 Å². The Labute approximate surface area is 153 Å². The van der Waals surface area contributed by atoms with E-state index in [0.717, 1.165) is 11.1 Å². The van der Waals surface area contributed by atoms with E-state index in [-0.39, 0.29) is 17.5 Å². The fourth-order valence-corrected chi connectivity index (χ4v) is 5.27. The van der Waals surface area contributed by atoms with Crippen LogP contribution in [0, 0.1) is 0 Å². The SMILES string of the molecule is NC(=O)N(Cc1ccccc1)[C@H]1CS(=O)(=O)C[C@@H]1NCc1ccccc1. The number of rotatable bonds is 6. The highest BCUT2D eigenvalue weighted by Gasteiger charge is 2.42. The van der Waals surface area contributed by atoms with Crippen LogP contribution in [0.5, 0.6) is 0 Å². The third-order valence-electron chi connectivity index (χ3n) is 4.61. The predicted octanol–water partition coefficient (Wildman–Crippen LogP) is 1.52. The van der Waals surface area contributed by atoms with Gasteiger partial charge < -0.3 is 16.0 Å². The van der Waals surface area contributed by atoms with E-state index in [1.165, 1.54) is 4.90 Å². The van der Waals surface area contributed by atoms with Gasteiger partial charge in [-0.2, -0.15) is 0 Å². The van der Waals surface area contributed by atoms with Gasteiger partial charge in [-0.1, -0.05) is 60.7 Å². The van der Waals surface area contributed by atoms with Crippen molar-refractivity contribution in [2.75, 3.05) is 11.5 Å². The fourth-order valence-electron chi connectivity index (χ4n) is 3.31. The molecule has 1 heterocycles. The molecule has 2 amide bonds. The van der Waals surface area contributed by atoms with Crippen molar-refractivity contribution in [3.63, 3.8) is 0 Å². The predicted molar refractivity (Wildman–Crippen MR) is 101 cm³/mol. The maximum absolute atomic E-state index is 12.2. The van der Waals surface area contributed by atoms with Gasteiger partial charge in [-0.3, -0.25) is 0 Å². The quantitative estimate of drug-likeness (QED) is 0.803. The number of nitrogens with zero attached hydrogens (tertiary/aromatic N) is 1. The molecule has 1 aliphatic heterocycles. The van der Waals surface area contributed by atoms with Crippen molar-refractivity contribution < 1.29 is 13.2 Å². The van der Waals surface area contributed by atoms with Crippen LogP contribution < -0.4 is 11.1 Å². The molecule has 3 rings (SSSR count). The molecule has 0 aromatic heterocycles. The van der Waals surface area contributed by atoms with Gasteiger partial charge in [0.15, 0.2) is 9.84 Å². The summed E-state index contributed by atoms with van der Waals surface area (Å²) < 4.78 is 24.4. The minimum Gasteiger partial charge on any atom is -0.351 e. The number of carbonyl (C=O) groups excluding carboxylic acids is 1. The Balaban J connectivity index is 1.77. The molecule has 7 heteroatoms. The molecule has 2 aromatic rings. The average Bonchev–Trinajstić information content (AvgIpc) is 2.94. The fraction of sp³-hybridized carbons (Fsp3) is 0.316. The van der Waals surface area contributed by atoms with Crippen molar-refractivity contribution in [3.8, 4) is 0 Å². The van der Waals surface area contributed by atoms with Crippen LogP contribution in [-0.4, -0.2) is 42.9 Å². The highest BCUT2D eigenvalue weighted by Crippen LogP contribution is 2.21. The van der Waals surface area contributed by atoms with Crippen LogP contribution in [0.2, 0.25) is 0 Å². The number of sulfone groups is 1. The van der Waals surface area contributed by atoms with Crippen LogP contribution in [0.1, 0.15) is 11.1 Å². The number of carbonyl (C=O) groups is 1. The largest absolute Gasteiger partial charge is 0.351 e.